The van der Waals surface area contributed by atoms with Crippen LogP contribution in [0.2, 0.25) is 0 Å². The number of aromatic carboxylic acids is 1. The number of hydrogen-bond donors (Lipinski definition) is 1. The summed E-state index contributed by atoms with van der Waals surface area (Å²) in [5.74, 6) is -0.585. The van der Waals surface area contributed by atoms with Crippen molar-refractivity contribution in [3.8, 4) is 11.8 Å². The van der Waals surface area contributed by atoms with Gasteiger partial charge in [-0.15, -0.1) is 0 Å². The molecular formula is C9H8N4O3. The zero-order chi connectivity index (χ0) is 11.5. The summed E-state index contributed by atoms with van der Waals surface area (Å²) in [5.41, 5.74) is 0.0125. The largest absolute Gasteiger partial charge is 0.478 e. The number of nitrogens with zero attached hydrogens (tertiary/aromatic N) is 4. The second-order valence-corrected chi connectivity index (χ2v) is 3.01. The monoisotopic (exact) mass is 220 g/mol. The quantitative estimate of drug-likeness (QED) is 0.818. The van der Waals surface area contributed by atoms with Gasteiger partial charge in [0.05, 0.1) is 18.0 Å². The predicted molar refractivity (Wildman–Crippen MR) is 52.3 cm³/mol. The maximum absolute atomic E-state index is 10.5. The summed E-state index contributed by atoms with van der Waals surface area (Å²) < 4.78 is 6.81. The number of rotatable bonds is 3. The van der Waals surface area contributed by atoms with E-state index in [4.69, 9.17) is 9.84 Å². The van der Waals surface area contributed by atoms with E-state index in [2.05, 4.69) is 15.1 Å². The lowest BCUT2D eigenvalue weighted by Gasteiger charge is -1.99. The normalized spacial score (nSPS) is 10.1. The molecule has 7 nitrogen and oxygen atoms in total. The molecule has 2 aromatic rings. The predicted octanol–water partition coefficient (Wildman–Crippen LogP) is 0.701. The third-order valence-electron chi connectivity index (χ3n) is 1.77. The molecule has 82 valence electrons. The zero-order valence-electron chi connectivity index (χ0n) is 8.36. The van der Waals surface area contributed by atoms with Gasteiger partial charge in [-0.25, -0.2) is 14.8 Å². The molecular weight excluding hydrogens is 212 g/mol. The van der Waals surface area contributed by atoms with Crippen LogP contribution >= 0.6 is 0 Å². The van der Waals surface area contributed by atoms with Gasteiger partial charge in [0.1, 0.15) is 0 Å². The molecule has 2 rings (SSSR count). The molecule has 0 aliphatic rings. The highest BCUT2D eigenvalue weighted by atomic mass is 16.5. The Morgan fingerprint density at radius 1 is 1.38 bits per heavy atom. The first-order valence-electron chi connectivity index (χ1n) is 4.37. The van der Waals surface area contributed by atoms with Crippen LogP contribution in [0.3, 0.4) is 0 Å². The van der Waals surface area contributed by atoms with Crippen molar-refractivity contribution in [3.63, 3.8) is 0 Å². The molecule has 16 heavy (non-hydrogen) atoms. The van der Waals surface area contributed by atoms with Crippen LogP contribution in [0.25, 0.3) is 0 Å². The van der Waals surface area contributed by atoms with Crippen molar-refractivity contribution in [1.29, 1.82) is 0 Å². The van der Waals surface area contributed by atoms with Crippen LogP contribution in [0, 0.1) is 0 Å². The zero-order valence-corrected chi connectivity index (χ0v) is 8.36. The van der Waals surface area contributed by atoms with E-state index in [1.54, 1.807) is 17.9 Å². The van der Waals surface area contributed by atoms with Gasteiger partial charge in [-0.2, -0.15) is 5.10 Å². The second kappa shape index (κ2) is 3.97. The van der Waals surface area contributed by atoms with Gasteiger partial charge >= 0.3 is 12.0 Å². The Bertz CT molecular complexity index is 506. The van der Waals surface area contributed by atoms with Gasteiger partial charge in [-0.1, -0.05) is 0 Å². The number of carboxylic acids is 1. The lowest BCUT2D eigenvalue weighted by atomic mass is 10.4. The molecule has 0 spiro atoms. The third-order valence-corrected chi connectivity index (χ3v) is 1.77. The van der Waals surface area contributed by atoms with Crippen molar-refractivity contribution in [2.75, 3.05) is 0 Å². The van der Waals surface area contributed by atoms with Crippen LogP contribution in [0.1, 0.15) is 10.4 Å². The molecule has 0 saturated heterocycles. The Labute approximate surface area is 90.3 Å². The Morgan fingerprint density at radius 3 is 2.56 bits per heavy atom. The highest BCUT2D eigenvalue weighted by molar-refractivity contribution is 5.86. The van der Waals surface area contributed by atoms with E-state index in [1.165, 1.54) is 18.6 Å². The molecule has 2 aromatic heterocycles. The maximum Gasteiger partial charge on any atom is 0.338 e. The van der Waals surface area contributed by atoms with Crippen LogP contribution in [-0.4, -0.2) is 30.8 Å². The lowest BCUT2D eigenvalue weighted by Crippen LogP contribution is -1.99. The Hall–Kier alpha value is -2.44. The van der Waals surface area contributed by atoms with E-state index in [0.29, 0.717) is 5.75 Å². The molecule has 0 unspecified atom stereocenters. The first kappa shape index (κ1) is 10.1. The SMILES string of the molecule is Cn1cc(Oc2ncc(C(=O)O)cn2)cn1. The fourth-order valence-electron chi connectivity index (χ4n) is 1.04. The second-order valence-electron chi connectivity index (χ2n) is 3.01. The van der Waals surface area contributed by atoms with E-state index in [0.717, 1.165) is 0 Å². The molecule has 0 aliphatic carbocycles. The molecule has 0 radical (unpaired) electrons. The molecule has 7 heteroatoms. The highest BCUT2D eigenvalue weighted by Gasteiger charge is 2.06. The van der Waals surface area contributed by atoms with Crippen molar-refractivity contribution in [1.82, 2.24) is 19.7 Å². The van der Waals surface area contributed by atoms with Crippen molar-refractivity contribution in [3.05, 3.63) is 30.4 Å². The summed E-state index contributed by atoms with van der Waals surface area (Å²) >= 11 is 0. The number of hydrogen-bond acceptors (Lipinski definition) is 5. The number of aromatic nitrogens is 4. The first-order valence-corrected chi connectivity index (χ1v) is 4.37. The van der Waals surface area contributed by atoms with E-state index < -0.39 is 5.97 Å². The standard InChI is InChI=1S/C9H8N4O3/c1-13-5-7(4-12-13)16-9-10-2-6(3-11-9)8(14)15/h2-5H,1H3,(H,14,15). The third kappa shape index (κ3) is 2.14. The lowest BCUT2D eigenvalue weighted by molar-refractivity contribution is 0.0696. The summed E-state index contributed by atoms with van der Waals surface area (Å²) in [7, 11) is 1.75. The van der Waals surface area contributed by atoms with Crippen LogP contribution < -0.4 is 4.74 Å². The minimum atomic E-state index is -1.08. The Morgan fingerprint density at radius 2 is 2.06 bits per heavy atom. The number of carbonyl (C=O) groups is 1. The fourth-order valence-corrected chi connectivity index (χ4v) is 1.04. The van der Waals surface area contributed by atoms with Crippen LogP contribution in [0.4, 0.5) is 0 Å². The summed E-state index contributed by atoms with van der Waals surface area (Å²) in [4.78, 5) is 18.0. The maximum atomic E-state index is 10.5. The van der Waals surface area contributed by atoms with Gasteiger partial charge in [-0.3, -0.25) is 4.68 Å². The van der Waals surface area contributed by atoms with E-state index in [-0.39, 0.29) is 11.6 Å². The molecule has 0 fully saturated rings. The number of ether oxygens (including phenoxy) is 1. The summed E-state index contributed by atoms with van der Waals surface area (Å²) in [5, 5.41) is 12.5. The van der Waals surface area contributed by atoms with Crippen LogP contribution in [0.15, 0.2) is 24.8 Å². The number of aryl methyl sites for hydroxylation is 1. The smallest absolute Gasteiger partial charge is 0.338 e. The van der Waals surface area contributed by atoms with Crippen LogP contribution in [0.5, 0.6) is 11.8 Å². The molecule has 2 heterocycles. The minimum Gasteiger partial charge on any atom is -0.478 e. The molecule has 0 atom stereocenters. The van der Waals surface area contributed by atoms with Gasteiger partial charge in [0, 0.05) is 19.4 Å². The minimum absolute atomic E-state index is 0.0125. The van der Waals surface area contributed by atoms with Gasteiger partial charge in [0.2, 0.25) is 0 Å². The van der Waals surface area contributed by atoms with Gasteiger partial charge in [-0.05, 0) is 0 Å². The van der Waals surface area contributed by atoms with Crippen molar-refractivity contribution < 1.29 is 14.6 Å². The van der Waals surface area contributed by atoms with Gasteiger partial charge in [0.25, 0.3) is 0 Å². The first-order chi connectivity index (χ1) is 7.65. The molecule has 1 N–H and O–H groups in total. The average molecular weight is 220 g/mol. The molecule has 0 bridgehead atoms. The van der Waals surface area contributed by atoms with Crippen molar-refractivity contribution >= 4 is 5.97 Å². The number of carboxylic acid groups (broad SMARTS) is 1. The molecule has 0 aromatic carbocycles. The van der Waals surface area contributed by atoms with Crippen molar-refractivity contribution in [2.24, 2.45) is 7.05 Å². The molecule has 0 amide bonds. The average Bonchev–Trinajstić information content (AvgIpc) is 2.65. The molecule has 0 saturated carbocycles. The molecule has 0 aliphatic heterocycles. The van der Waals surface area contributed by atoms with E-state index >= 15 is 0 Å². The Kier molecular flexibility index (Phi) is 2.50. The summed E-state index contributed by atoms with van der Waals surface area (Å²) in [6.45, 7) is 0. The summed E-state index contributed by atoms with van der Waals surface area (Å²) in [6.07, 6.45) is 5.52. The van der Waals surface area contributed by atoms with E-state index in [1.807, 2.05) is 0 Å². The fraction of sp³-hybridized carbons (Fsp3) is 0.111. The van der Waals surface area contributed by atoms with Crippen LogP contribution in [-0.2, 0) is 7.05 Å². The van der Waals surface area contributed by atoms with E-state index in [9.17, 15) is 4.79 Å². The van der Waals surface area contributed by atoms with Gasteiger partial charge < -0.3 is 9.84 Å². The Balaban J connectivity index is 2.14. The van der Waals surface area contributed by atoms with Crippen molar-refractivity contribution in [2.45, 2.75) is 0 Å². The van der Waals surface area contributed by atoms with Gasteiger partial charge in [0.15, 0.2) is 5.75 Å². The highest BCUT2D eigenvalue weighted by Crippen LogP contribution is 2.15. The topological polar surface area (TPSA) is 90.1 Å². The summed E-state index contributed by atoms with van der Waals surface area (Å²) in [6, 6.07) is 0.0815.